The molecule has 1 heterocycles. The van der Waals surface area contributed by atoms with Gasteiger partial charge < -0.3 is 19.5 Å². The van der Waals surface area contributed by atoms with Crippen LogP contribution in [0.25, 0.3) is 0 Å². The van der Waals surface area contributed by atoms with Crippen LogP contribution in [-0.2, 0) is 14.3 Å². The minimum absolute atomic E-state index is 0.00760. The summed E-state index contributed by atoms with van der Waals surface area (Å²) in [4.78, 5) is 27.2. The summed E-state index contributed by atoms with van der Waals surface area (Å²) >= 11 is 6.08. The quantitative estimate of drug-likeness (QED) is 0.409. The Morgan fingerprint density at radius 3 is 2.43 bits per heavy atom. The van der Waals surface area contributed by atoms with Gasteiger partial charge in [-0.15, -0.1) is 0 Å². The van der Waals surface area contributed by atoms with Crippen molar-refractivity contribution in [2.24, 2.45) is 5.92 Å². The fraction of sp³-hybridized carbons (Fsp3) is 0.400. The Morgan fingerprint density at radius 1 is 1.08 bits per heavy atom. The van der Waals surface area contributed by atoms with E-state index >= 15 is 0 Å². The van der Waals surface area contributed by atoms with Crippen LogP contribution in [0.5, 0.6) is 11.5 Å². The lowest BCUT2D eigenvalue weighted by atomic mass is 9.71. The molecular weight excluding hydrogens is 490 g/mol. The minimum atomic E-state index is -0.570. The lowest BCUT2D eigenvalue weighted by Crippen LogP contribution is -2.36. The number of rotatable bonds is 8. The number of ketones is 1. The Morgan fingerprint density at radius 2 is 1.78 bits per heavy atom. The molecule has 0 unspecified atom stereocenters. The van der Waals surface area contributed by atoms with E-state index in [-0.39, 0.29) is 17.6 Å². The van der Waals surface area contributed by atoms with E-state index in [2.05, 4.69) is 5.32 Å². The third kappa shape index (κ3) is 5.69. The van der Waals surface area contributed by atoms with Gasteiger partial charge in [-0.25, -0.2) is 4.79 Å². The van der Waals surface area contributed by atoms with Crippen molar-refractivity contribution in [3.05, 3.63) is 81.2 Å². The van der Waals surface area contributed by atoms with Crippen LogP contribution in [0, 0.1) is 5.92 Å². The van der Waals surface area contributed by atoms with E-state index in [1.165, 1.54) is 0 Å². The maximum absolute atomic E-state index is 13.8. The van der Waals surface area contributed by atoms with Crippen LogP contribution in [0.4, 0.5) is 0 Å². The molecule has 0 radical (unpaired) electrons. The minimum Gasteiger partial charge on any atom is -0.493 e. The fourth-order valence-electron chi connectivity index (χ4n) is 5.07. The molecule has 6 nitrogen and oxygen atoms in total. The van der Waals surface area contributed by atoms with Crippen LogP contribution in [-0.4, -0.2) is 32.1 Å². The lowest BCUT2D eigenvalue weighted by molar-refractivity contribution is -0.140. The Balaban J connectivity index is 1.79. The Hall–Kier alpha value is -3.25. The number of ether oxygens (including phenoxy) is 3. The van der Waals surface area contributed by atoms with Crippen molar-refractivity contribution in [1.29, 1.82) is 0 Å². The number of hydrogen-bond donors (Lipinski definition) is 1. The van der Waals surface area contributed by atoms with Crippen molar-refractivity contribution in [3.63, 3.8) is 0 Å². The standard InChI is InChI=1S/C30H34ClNO5/c1-6-36-25-12-9-20(15-26(25)35-5)28-27(30(34)37-16-17(2)3)18(4)32-23-13-21(14-24(33)29(23)28)19-7-10-22(31)11-8-19/h7-12,15,17,21,28,32H,6,13-14,16H2,1-5H3/t21-,28+/m0/s1. The van der Waals surface area contributed by atoms with E-state index in [0.29, 0.717) is 59.4 Å². The summed E-state index contributed by atoms with van der Waals surface area (Å²) in [5.41, 5.74) is 4.43. The van der Waals surface area contributed by atoms with Gasteiger partial charge in [-0.1, -0.05) is 43.6 Å². The van der Waals surface area contributed by atoms with Gasteiger partial charge >= 0.3 is 5.97 Å². The summed E-state index contributed by atoms with van der Waals surface area (Å²) < 4.78 is 17.0. The lowest BCUT2D eigenvalue weighted by Gasteiger charge is -2.37. The van der Waals surface area contributed by atoms with Crippen LogP contribution in [0.15, 0.2) is 65.0 Å². The molecule has 2 aromatic carbocycles. The van der Waals surface area contributed by atoms with Gasteiger partial charge in [0.15, 0.2) is 17.3 Å². The molecule has 196 valence electrons. The zero-order valence-electron chi connectivity index (χ0n) is 22.0. The highest BCUT2D eigenvalue weighted by Gasteiger charge is 2.41. The van der Waals surface area contributed by atoms with E-state index in [9.17, 15) is 9.59 Å². The van der Waals surface area contributed by atoms with E-state index in [0.717, 1.165) is 16.8 Å². The van der Waals surface area contributed by atoms with Crippen LogP contribution in [0.3, 0.4) is 0 Å². The largest absolute Gasteiger partial charge is 0.493 e. The summed E-state index contributed by atoms with van der Waals surface area (Å²) in [6.45, 7) is 8.55. The van der Waals surface area contributed by atoms with Gasteiger partial charge in [0.25, 0.3) is 0 Å². The highest BCUT2D eigenvalue weighted by Crippen LogP contribution is 2.47. The van der Waals surface area contributed by atoms with Crippen molar-refractivity contribution in [3.8, 4) is 11.5 Å². The van der Waals surface area contributed by atoms with Gasteiger partial charge in [0, 0.05) is 34.3 Å². The molecule has 4 rings (SSSR count). The maximum Gasteiger partial charge on any atom is 0.336 e. The summed E-state index contributed by atoms with van der Waals surface area (Å²) in [6, 6.07) is 13.2. The van der Waals surface area contributed by atoms with Gasteiger partial charge in [-0.05, 0) is 67.5 Å². The molecule has 1 aliphatic carbocycles. The van der Waals surface area contributed by atoms with Crippen molar-refractivity contribution in [2.45, 2.75) is 52.4 Å². The third-order valence-corrected chi connectivity index (χ3v) is 7.01. The second-order valence-electron chi connectivity index (χ2n) is 9.90. The van der Waals surface area contributed by atoms with Crippen molar-refractivity contribution in [1.82, 2.24) is 5.32 Å². The van der Waals surface area contributed by atoms with Gasteiger partial charge in [0.1, 0.15) is 0 Å². The number of carbonyl (C=O) groups excluding carboxylic acids is 2. The highest BCUT2D eigenvalue weighted by atomic mass is 35.5. The highest BCUT2D eigenvalue weighted by molar-refractivity contribution is 6.30. The predicted octanol–water partition coefficient (Wildman–Crippen LogP) is 6.31. The van der Waals surface area contributed by atoms with Crippen molar-refractivity contribution < 1.29 is 23.8 Å². The molecule has 2 aromatic rings. The molecule has 0 amide bonds. The number of carbonyl (C=O) groups is 2. The first-order valence-electron chi connectivity index (χ1n) is 12.7. The maximum atomic E-state index is 13.8. The first-order valence-corrected chi connectivity index (χ1v) is 13.1. The molecule has 0 bridgehead atoms. The average Bonchev–Trinajstić information content (AvgIpc) is 2.87. The van der Waals surface area contributed by atoms with Gasteiger partial charge in [0.2, 0.25) is 0 Å². The molecule has 2 aliphatic rings. The van der Waals surface area contributed by atoms with E-state index in [1.807, 2.05) is 70.2 Å². The normalized spacial score (nSPS) is 19.5. The fourth-order valence-corrected chi connectivity index (χ4v) is 5.20. The van der Waals surface area contributed by atoms with Crippen LogP contribution in [0.1, 0.15) is 63.5 Å². The van der Waals surface area contributed by atoms with E-state index in [1.54, 1.807) is 7.11 Å². The molecule has 1 aliphatic heterocycles. The number of allylic oxidation sites excluding steroid dienone is 3. The first kappa shape index (κ1) is 26.8. The Kier molecular flexibility index (Phi) is 8.28. The number of methoxy groups -OCH3 is 1. The molecule has 0 saturated carbocycles. The number of dihydropyridines is 1. The third-order valence-electron chi connectivity index (χ3n) is 6.76. The van der Waals surface area contributed by atoms with Crippen LogP contribution in [0.2, 0.25) is 5.02 Å². The second-order valence-corrected chi connectivity index (χ2v) is 10.3. The number of nitrogens with one attached hydrogen (secondary N) is 1. The Bertz CT molecular complexity index is 1250. The topological polar surface area (TPSA) is 73.9 Å². The molecule has 37 heavy (non-hydrogen) atoms. The zero-order valence-corrected chi connectivity index (χ0v) is 22.8. The monoisotopic (exact) mass is 523 g/mol. The number of hydrogen-bond acceptors (Lipinski definition) is 6. The summed E-state index contributed by atoms with van der Waals surface area (Å²) in [6.07, 6.45) is 0.999. The number of Topliss-reactive ketones (excluding diaryl/α,β-unsaturated/α-hetero) is 1. The van der Waals surface area contributed by atoms with E-state index in [4.69, 9.17) is 25.8 Å². The summed E-state index contributed by atoms with van der Waals surface area (Å²) in [7, 11) is 1.58. The molecule has 0 saturated heterocycles. The number of esters is 1. The average molecular weight is 524 g/mol. The molecular formula is C30H34ClNO5. The zero-order chi connectivity index (χ0) is 26.7. The van der Waals surface area contributed by atoms with Crippen molar-refractivity contribution in [2.75, 3.05) is 20.3 Å². The van der Waals surface area contributed by atoms with Gasteiger partial charge in [0.05, 0.1) is 25.9 Å². The molecule has 7 heteroatoms. The summed E-state index contributed by atoms with van der Waals surface area (Å²) in [5.74, 6) is 0.391. The van der Waals surface area contributed by atoms with E-state index < -0.39 is 11.9 Å². The van der Waals surface area contributed by atoms with Gasteiger partial charge in [-0.2, -0.15) is 0 Å². The SMILES string of the molecule is CCOc1ccc([C@@H]2C(C(=O)OCC(C)C)=C(C)NC3=C2C(=O)C[C@@H](c2ccc(Cl)cc2)C3)cc1OC. The number of halogens is 1. The smallest absolute Gasteiger partial charge is 0.336 e. The van der Waals surface area contributed by atoms with Crippen LogP contribution >= 0.6 is 11.6 Å². The van der Waals surface area contributed by atoms with Crippen molar-refractivity contribution >= 4 is 23.4 Å². The second kappa shape index (κ2) is 11.4. The molecule has 0 fully saturated rings. The van der Waals surface area contributed by atoms with Crippen LogP contribution < -0.4 is 14.8 Å². The molecule has 0 spiro atoms. The predicted molar refractivity (Wildman–Crippen MR) is 144 cm³/mol. The number of benzene rings is 2. The molecule has 0 aromatic heterocycles. The first-order chi connectivity index (χ1) is 17.7. The summed E-state index contributed by atoms with van der Waals surface area (Å²) in [5, 5.41) is 4.06. The molecule has 2 atom stereocenters. The molecule has 1 N–H and O–H groups in total. The van der Waals surface area contributed by atoms with Gasteiger partial charge in [-0.3, -0.25) is 4.79 Å². The Labute approximate surface area is 223 Å².